The van der Waals surface area contributed by atoms with Crippen LogP contribution in [0, 0.1) is 10.8 Å². The summed E-state index contributed by atoms with van der Waals surface area (Å²) in [5.41, 5.74) is 0.304. The molecular formula is C56H60N4O13. The van der Waals surface area contributed by atoms with Crippen LogP contribution in [-0.2, 0) is 39.1 Å². The standard InChI is InChI=1S/C56H60N4O13/c1-31-25-41(61)33(3)47(49(31)65)54(5,6)29-45(63)57(9)21-23-59(11)52(68)70-35-17-19-39-43(27-35)72-44-28-36(18-20-40(44)56(39)38-16-14-13-15-37(38)51(67)73-56)71-53(69)60(12)24-22-58(10)46(64)30-55(7,8)48-34(4)42(62)26-32(2)50(48)66/h13-20,25-28H,21-24,29-30H2,1-12H3. The second kappa shape index (κ2) is 19.9. The highest BCUT2D eigenvalue weighted by molar-refractivity contribution is 6.23. The molecule has 382 valence electrons. The summed E-state index contributed by atoms with van der Waals surface area (Å²) >= 11 is 0. The van der Waals surface area contributed by atoms with Gasteiger partial charge in [0.15, 0.2) is 28.7 Å². The number of rotatable bonds is 14. The van der Waals surface area contributed by atoms with Crippen molar-refractivity contribution in [2.45, 2.75) is 73.8 Å². The maximum absolute atomic E-state index is 13.5. The number of nitrogens with zero attached hydrogens (tertiary/aromatic N) is 4. The molecule has 4 aliphatic rings. The minimum absolute atomic E-state index is 0.0485. The Balaban J connectivity index is 1.02. The highest BCUT2D eigenvalue weighted by Gasteiger charge is 2.54. The van der Waals surface area contributed by atoms with Gasteiger partial charge in [-0.05, 0) is 70.2 Å². The summed E-state index contributed by atoms with van der Waals surface area (Å²) < 4.78 is 24.2. The normalized spacial score (nSPS) is 15.9. The predicted molar refractivity (Wildman–Crippen MR) is 267 cm³/mol. The number of esters is 1. The largest absolute Gasteiger partial charge is 0.456 e. The number of allylic oxidation sites excluding steroid dienone is 8. The number of benzene rings is 3. The zero-order valence-corrected chi connectivity index (χ0v) is 43.3. The van der Waals surface area contributed by atoms with E-state index in [1.54, 1.807) is 118 Å². The van der Waals surface area contributed by atoms with Crippen molar-refractivity contribution in [2.24, 2.45) is 10.8 Å². The number of likely N-dealkylation sites (N-methyl/N-ethyl adjacent to an activating group) is 4. The first kappa shape index (κ1) is 52.9. The fourth-order valence-electron chi connectivity index (χ4n) is 9.71. The van der Waals surface area contributed by atoms with Gasteiger partial charge in [0.05, 0.1) is 5.56 Å². The summed E-state index contributed by atoms with van der Waals surface area (Å²) in [6.07, 6.45) is 1.03. The van der Waals surface area contributed by atoms with Gasteiger partial charge in [-0.15, -0.1) is 0 Å². The lowest BCUT2D eigenvalue weighted by Crippen LogP contribution is -2.40. The topological polar surface area (TPSA) is 204 Å². The van der Waals surface area contributed by atoms with Gasteiger partial charge >= 0.3 is 18.2 Å². The fourth-order valence-corrected chi connectivity index (χ4v) is 9.71. The van der Waals surface area contributed by atoms with E-state index in [0.29, 0.717) is 55.7 Å². The first-order valence-electron chi connectivity index (χ1n) is 23.8. The van der Waals surface area contributed by atoms with Gasteiger partial charge in [0.2, 0.25) is 11.8 Å². The lowest BCUT2D eigenvalue weighted by Gasteiger charge is -2.36. The summed E-state index contributed by atoms with van der Waals surface area (Å²) in [7, 11) is 6.20. The van der Waals surface area contributed by atoms with E-state index in [1.165, 1.54) is 58.0 Å². The SMILES string of the molecule is CC1=CC(=O)C(C)=C(C(C)(C)CC(=O)N(C)CCN(C)C(=O)Oc2ccc3c(c2)Oc2cc(OC(=O)N(C)CCN(C)C(=O)CC(C)(C)C4=C(C)C(=O)C=C(C)C4=O)ccc2C32OC(=O)c3ccccc32)C1=O. The van der Waals surface area contributed by atoms with Crippen LogP contribution in [0.1, 0.15) is 95.3 Å². The van der Waals surface area contributed by atoms with Crippen LogP contribution in [0.25, 0.3) is 0 Å². The quantitative estimate of drug-likeness (QED) is 0.112. The Morgan fingerprint density at radius 1 is 0.548 bits per heavy atom. The number of ether oxygens (including phenoxy) is 4. The Bertz CT molecular complexity index is 2890. The first-order chi connectivity index (χ1) is 34.2. The van der Waals surface area contributed by atoms with E-state index in [4.69, 9.17) is 18.9 Å². The van der Waals surface area contributed by atoms with Crippen LogP contribution in [0.2, 0.25) is 0 Å². The summed E-state index contributed by atoms with van der Waals surface area (Å²) in [6.45, 7) is 13.8. The number of Topliss-reactive ketones (excluding diaryl/α,β-unsaturated/α-hetero) is 2. The Morgan fingerprint density at radius 3 is 1.37 bits per heavy atom. The highest BCUT2D eigenvalue weighted by Crippen LogP contribution is 2.57. The molecule has 3 aromatic carbocycles. The van der Waals surface area contributed by atoms with Crippen molar-refractivity contribution in [1.82, 2.24) is 19.6 Å². The number of ketones is 4. The van der Waals surface area contributed by atoms with E-state index < -0.39 is 34.6 Å². The Kier molecular flexibility index (Phi) is 14.4. The average Bonchev–Trinajstić information content (AvgIpc) is 3.61. The molecule has 0 N–H and O–H groups in total. The molecule has 4 amide bonds. The van der Waals surface area contributed by atoms with Crippen molar-refractivity contribution in [3.8, 4) is 23.0 Å². The van der Waals surface area contributed by atoms with Gasteiger partial charge in [-0.25, -0.2) is 14.4 Å². The fraction of sp³-hybridized carbons (Fsp3) is 0.375. The predicted octanol–water partition coefficient (Wildman–Crippen LogP) is 7.69. The molecule has 7 rings (SSSR count). The molecule has 2 aliphatic heterocycles. The third-order valence-corrected chi connectivity index (χ3v) is 14.0. The molecule has 1 spiro atoms. The summed E-state index contributed by atoms with van der Waals surface area (Å²) in [5, 5.41) is 0. The molecule has 3 aromatic rings. The van der Waals surface area contributed by atoms with Gasteiger partial charge in [0, 0.05) is 140 Å². The minimum Gasteiger partial charge on any atom is -0.456 e. The van der Waals surface area contributed by atoms with Crippen LogP contribution in [0.15, 0.2) is 106 Å². The third-order valence-electron chi connectivity index (χ3n) is 14.0. The van der Waals surface area contributed by atoms with Crippen molar-refractivity contribution < 1.29 is 62.1 Å². The number of carbonyl (C=O) groups excluding carboxylic acids is 9. The van der Waals surface area contributed by atoms with Gasteiger partial charge in [0.25, 0.3) is 0 Å². The van der Waals surface area contributed by atoms with Gasteiger partial charge < -0.3 is 38.5 Å². The number of fused-ring (bicyclic) bond motifs is 6. The molecule has 0 fully saturated rings. The van der Waals surface area contributed by atoms with E-state index in [-0.39, 0.29) is 97.0 Å². The number of amides is 4. The van der Waals surface area contributed by atoms with Crippen molar-refractivity contribution >= 4 is 53.1 Å². The highest BCUT2D eigenvalue weighted by atomic mass is 16.6. The molecule has 0 saturated heterocycles. The van der Waals surface area contributed by atoms with Gasteiger partial charge in [-0.2, -0.15) is 0 Å². The minimum atomic E-state index is -1.50. The van der Waals surface area contributed by atoms with E-state index in [1.807, 2.05) is 0 Å². The van der Waals surface area contributed by atoms with Crippen LogP contribution >= 0.6 is 0 Å². The van der Waals surface area contributed by atoms with Crippen LogP contribution in [0.5, 0.6) is 23.0 Å². The molecule has 0 bridgehead atoms. The van der Waals surface area contributed by atoms with E-state index in [2.05, 4.69) is 0 Å². The zero-order chi connectivity index (χ0) is 53.6. The Labute approximate surface area is 424 Å². The third kappa shape index (κ3) is 10.1. The first-order valence-corrected chi connectivity index (χ1v) is 23.8. The van der Waals surface area contributed by atoms with E-state index >= 15 is 0 Å². The molecule has 2 aliphatic carbocycles. The zero-order valence-electron chi connectivity index (χ0n) is 43.3. The molecule has 73 heavy (non-hydrogen) atoms. The van der Waals surface area contributed by atoms with Crippen molar-refractivity contribution in [3.63, 3.8) is 0 Å². The lowest BCUT2D eigenvalue weighted by atomic mass is 9.72. The van der Waals surface area contributed by atoms with Gasteiger partial charge in [0.1, 0.15) is 23.0 Å². The van der Waals surface area contributed by atoms with E-state index in [9.17, 15) is 43.2 Å². The number of carbonyl (C=O) groups is 9. The molecule has 2 heterocycles. The summed E-state index contributed by atoms with van der Waals surface area (Å²) in [5.74, 6) is -1.65. The second-order valence-electron chi connectivity index (χ2n) is 20.4. The molecule has 17 nitrogen and oxygen atoms in total. The molecule has 0 unspecified atom stereocenters. The van der Waals surface area contributed by atoms with Crippen molar-refractivity contribution in [2.75, 3.05) is 54.4 Å². The maximum atomic E-state index is 13.5. The summed E-state index contributed by atoms with van der Waals surface area (Å²) in [4.78, 5) is 124. The molecule has 0 radical (unpaired) electrons. The monoisotopic (exact) mass is 996 g/mol. The van der Waals surface area contributed by atoms with Crippen molar-refractivity contribution in [1.29, 1.82) is 0 Å². The van der Waals surface area contributed by atoms with E-state index in [0.717, 1.165) is 0 Å². The molecular weight excluding hydrogens is 937 g/mol. The smallest absolute Gasteiger partial charge is 0.415 e. The Morgan fingerprint density at radius 2 is 0.945 bits per heavy atom. The molecule has 17 heteroatoms. The van der Waals surface area contributed by atoms with Gasteiger partial charge in [-0.3, -0.25) is 28.8 Å². The second-order valence-corrected chi connectivity index (χ2v) is 20.4. The average molecular weight is 997 g/mol. The number of hydrogen-bond acceptors (Lipinski definition) is 13. The molecule has 0 atom stereocenters. The van der Waals surface area contributed by atoms with Crippen molar-refractivity contribution in [3.05, 3.63) is 129 Å². The lowest BCUT2D eigenvalue weighted by molar-refractivity contribution is -0.132. The number of hydrogen-bond donors (Lipinski definition) is 0. The van der Waals surface area contributed by atoms with Gasteiger partial charge in [-0.1, -0.05) is 45.9 Å². The van der Waals surface area contributed by atoms with Crippen LogP contribution in [0.4, 0.5) is 9.59 Å². The Hall–Kier alpha value is -7.95. The van der Waals surface area contributed by atoms with Crippen LogP contribution in [0.3, 0.4) is 0 Å². The van der Waals surface area contributed by atoms with Crippen LogP contribution in [-0.4, -0.2) is 127 Å². The maximum Gasteiger partial charge on any atom is 0.415 e. The molecule has 0 aromatic heterocycles. The molecule has 0 saturated carbocycles. The summed E-state index contributed by atoms with van der Waals surface area (Å²) in [6, 6.07) is 16.3. The van der Waals surface area contributed by atoms with Crippen LogP contribution < -0.4 is 14.2 Å².